The van der Waals surface area contributed by atoms with Gasteiger partial charge in [0.2, 0.25) is 0 Å². The molecule has 0 aliphatic heterocycles. The largest absolute Gasteiger partial charge is 0.298 e. The minimum atomic E-state index is -0.622. The normalized spacial score (nSPS) is 10.6. The first kappa shape index (κ1) is 19.5. The number of benzene rings is 2. The summed E-state index contributed by atoms with van der Waals surface area (Å²) in [6, 6.07) is 11.7. The number of nitrogens with zero attached hydrogens (tertiary/aromatic N) is 2. The lowest BCUT2D eigenvalue weighted by Gasteiger charge is -2.03. The molecule has 0 saturated heterocycles. The lowest BCUT2D eigenvalue weighted by atomic mass is 10.1. The van der Waals surface area contributed by atoms with Crippen LogP contribution in [0.2, 0.25) is 5.02 Å². The number of nitro groups is 1. The van der Waals surface area contributed by atoms with Crippen LogP contribution in [0.5, 0.6) is 0 Å². The van der Waals surface area contributed by atoms with E-state index in [1.54, 1.807) is 0 Å². The number of halogens is 2. The quantitative estimate of drug-likeness (QED) is 0.372. The number of hydrogen-bond acceptors (Lipinski definition) is 5. The van der Waals surface area contributed by atoms with E-state index in [2.05, 4.69) is 26.2 Å². The van der Waals surface area contributed by atoms with E-state index in [0.29, 0.717) is 5.13 Å². The van der Waals surface area contributed by atoms with Gasteiger partial charge in [-0.2, -0.15) is 0 Å². The lowest BCUT2D eigenvalue weighted by molar-refractivity contribution is -0.384. The number of thiazole rings is 1. The van der Waals surface area contributed by atoms with Gasteiger partial charge in [-0.1, -0.05) is 46.6 Å². The van der Waals surface area contributed by atoms with Crippen molar-refractivity contribution < 1.29 is 9.72 Å². The number of amides is 1. The van der Waals surface area contributed by atoms with Crippen molar-refractivity contribution in [2.45, 2.75) is 13.3 Å². The molecule has 0 aliphatic carbocycles. The van der Waals surface area contributed by atoms with E-state index < -0.39 is 10.8 Å². The molecule has 9 heteroatoms. The molecule has 3 aromatic rings. The van der Waals surface area contributed by atoms with Crippen LogP contribution < -0.4 is 5.32 Å². The van der Waals surface area contributed by atoms with Crippen LogP contribution in [-0.2, 0) is 6.42 Å². The molecule has 0 aliphatic rings. The molecule has 1 heterocycles. The first-order valence-corrected chi connectivity index (χ1v) is 9.88. The van der Waals surface area contributed by atoms with E-state index in [4.69, 9.17) is 11.6 Å². The Bertz CT molecular complexity index is 1020. The molecular formula is C18H13BrClN3O3S. The lowest BCUT2D eigenvalue weighted by Crippen LogP contribution is -2.12. The zero-order chi connectivity index (χ0) is 19.6. The predicted molar refractivity (Wildman–Crippen MR) is 111 cm³/mol. The second-order valence-corrected chi connectivity index (χ2v) is 7.94. The average molecular weight is 467 g/mol. The first-order chi connectivity index (χ1) is 12.9. The van der Waals surface area contributed by atoms with Crippen LogP contribution in [0.4, 0.5) is 10.8 Å². The minimum absolute atomic E-state index is 0.0170. The Labute approximate surface area is 172 Å². The van der Waals surface area contributed by atoms with Gasteiger partial charge >= 0.3 is 0 Å². The van der Waals surface area contributed by atoms with Gasteiger partial charge in [-0.3, -0.25) is 20.2 Å². The second-order valence-electron chi connectivity index (χ2n) is 5.53. The van der Waals surface area contributed by atoms with Crippen molar-refractivity contribution in [1.82, 2.24) is 4.98 Å². The highest BCUT2D eigenvalue weighted by atomic mass is 79.9. The van der Waals surface area contributed by atoms with Gasteiger partial charge < -0.3 is 0 Å². The van der Waals surface area contributed by atoms with Crippen LogP contribution in [0.25, 0.3) is 11.3 Å². The number of nitrogens with one attached hydrogen (secondary N) is 1. The highest BCUT2D eigenvalue weighted by Gasteiger charge is 2.18. The molecule has 1 amide bonds. The summed E-state index contributed by atoms with van der Waals surface area (Å²) in [7, 11) is 0. The predicted octanol–water partition coefficient (Wildman–Crippen LogP) is 5.95. The fourth-order valence-electron chi connectivity index (χ4n) is 2.44. The van der Waals surface area contributed by atoms with Crippen molar-refractivity contribution in [1.29, 1.82) is 0 Å². The van der Waals surface area contributed by atoms with E-state index in [-0.39, 0.29) is 16.3 Å². The highest BCUT2D eigenvalue weighted by Crippen LogP contribution is 2.33. The van der Waals surface area contributed by atoms with Crippen molar-refractivity contribution >= 4 is 55.6 Å². The third-order valence-electron chi connectivity index (χ3n) is 3.76. The molecule has 1 aromatic heterocycles. The third-order valence-corrected chi connectivity index (χ3v) is 5.72. The molecule has 0 atom stereocenters. The summed E-state index contributed by atoms with van der Waals surface area (Å²) in [5.74, 6) is -0.478. The van der Waals surface area contributed by atoms with E-state index in [0.717, 1.165) is 33.1 Å². The van der Waals surface area contributed by atoms with E-state index >= 15 is 0 Å². The fraction of sp³-hybridized carbons (Fsp3) is 0.111. The van der Waals surface area contributed by atoms with Crippen molar-refractivity contribution in [3.05, 3.63) is 72.5 Å². The molecule has 0 spiro atoms. The highest BCUT2D eigenvalue weighted by molar-refractivity contribution is 9.10. The molecule has 0 bridgehead atoms. The number of aromatic nitrogens is 1. The number of rotatable bonds is 5. The molecule has 3 rings (SSSR count). The number of nitro benzene ring substituents is 1. The molecule has 1 N–H and O–H groups in total. The maximum absolute atomic E-state index is 12.5. The Hall–Kier alpha value is -2.29. The summed E-state index contributed by atoms with van der Waals surface area (Å²) in [6.45, 7) is 2.02. The number of carbonyl (C=O) groups excluding carboxylic acids is 1. The van der Waals surface area contributed by atoms with E-state index in [1.165, 1.54) is 23.5 Å². The third kappa shape index (κ3) is 4.35. The smallest absolute Gasteiger partial charge is 0.288 e. The summed E-state index contributed by atoms with van der Waals surface area (Å²) >= 11 is 10.6. The Morgan fingerprint density at radius 3 is 2.63 bits per heavy atom. The van der Waals surface area contributed by atoms with Gasteiger partial charge in [-0.25, -0.2) is 4.98 Å². The van der Waals surface area contributed by atoms with E-state index in [1.807, 2.05) is 31.2 Å². The Kier molecular flexibility index (Phi) is 5.88. The Morgan fingerprint density at radius 1 is 1.30 bits per heavy atom. The van der Waals surface area contributed by atoms with Crippen LogP contribution in [0.3, 0.4) is 0 Å². The fourth-order valence-corrected chi connectivity index (χ4v) is 3.81. The topological polar surface area (TPSA) is 85.1 Å². The average Bonchev–Trinajstić information content (AvgIpc) is 3.05. The zero-order valence-electron chi connectivity index (χ0n) is 14.0. The molecule has 2 aromatic carbocycles. The van der Waals surface area contributed by atoms with Crippen LogP contribution in [0, 0.1) is 10.1 Å². The maximum atomic E-state index is 12.5. The molecule has 6 nitrogen and oxygen atoms in total. The zero-order valence-corrected chi connectivity index (χ0v) is 17.2. The van der Waals surface area contributed by atoms with Crippen molar-refractivity contribution in [3.8, 4) is 11.3 Å². The van der Waals surface area contributed by atoms with Gasteiger partial charge in [-0.15, -0.1) is 11.3 Å². The molecule has 138 valence electrons. The Balaban J connectivity index is 1.88. The van der Waals surface area contributed by atoms with Crippen molar-refractivity contribution in [2.75, 3.05) is 5.32 Å². The molecule has 0 fully saturated rings. The standard InChI is InChI=1S/C18H13BrClN3O3S/c1-2-15-16(10-3-6-12(19)7-4-10)21-18(27-15)22-17(24)11-5-8-13(20)14(9-11)23(25)26/h3-9H,2H2,1H3,(H,21,22,24). The molecule has 0 saturated carbocycles. The number of anilines is 1. The number of hydrogen-bond donors (Lipinski definition) is 1. The van der Waals surface area contributed by atoms with Gasteiger partial charge in [0, 0.05) is 26.5 Å². The van der Waals surface area contributed by atoms with Crippen molar-refractivity contribution in [3.63, 3.8) is 0 Å². The summed E-state index contributed by atoms with van der Waals surface area (Å²) in [5, 5.41) is 14.1. The first-order valence-electron chi connectivity index (χ1n) is 7.90. The van der Waals surface area contributed by atoms with Crippen molar-refractivity contribution in [2.24, 2.45) is 0 Å². The second kappa shape index (κ2) is 8.16. The minimum Gasteiger partial charge on any atom is -0.298 e. The SMILES string of the molecule is CCc1sc(NC(=O)c2ccc(Cl)c([N+](=O)[O-])c2)nc1-c1ccc(Br)cc1. The monoisotopic (exact) mass is 465 g/mol. The van der Waals surface area contributed by atoms with Gasteiger partial charge in [0.05, 0.1) is 10.6 Å². The Morgan fingerprint density at radius 2 is 2.00 bits per heavy atom. The van der Waals surface area contributed by atoms with E-state index in [9.17, 15) is 14.9 Å². The summed E-state index contributed by atoms with van der Waals surface area (Å²) < 4.78 is 0.970. The number of carbonyl (C=O) groups is 1. The number of aryl methyl sites for hydroxylation is 1. The van der Waals surface area contributed by atoms with Gasteiger partial charge in [0.1, 0.15) is 5.02 Å². The molecule has 0 radical (unpaired) electrons. The molecular weight excluding hydrogens is 454 g/mol. The van der Waals surface area contributed by atoms with Crippen LogP contribution >= 0.6 is 38.9 Å². The van der Waals surface area contributed by atoms with Crippen LogP contribution in [0.15, 0.2) is 46.9 Å². The summed E-state index contributed by atoms with van der Waals surface area (Å²) in [5.41, 5.74) is 1.60. The van der Waals surface area contributed by atoms with Gasteiger partial charge in [0.15, 0.2) is 5.13 Å². The van der Waals surface area contributed by atoms with Crippen LogP contribution in [0.1, 0.15) is 22.2 Å². The molecule has 0 unspecified atom stereocenters. The summed E-state index contributed by atoms with van der Waals surface area (Å²) in [6.07, 6.45) is 0.769. The molecule has 27 heavy (non-hydrogen) atoms. The van der Waals surface area contributed by atoms with Gasteiger partial charge in [0.25, 0.3) is 11.6 Å². The summed E-state index contributed by atoms with van der Waals surface area (Å²) in [4.78, 5) is 28.4. The van der Waals surface area contributed by atoms with Crippen LogP contribution in [-0.4, -0.2) is 15.8 Å². The maximum Gasteiger partial charge on any atom is 0.288 e. The van der Waals surface area contributed by atoms with Gasteiger partial charge in [-0.05, 0) is 30.7 Å².